The standard InChI is InChI=1S/C19H22N2O2/c1-3-21(4-2)15-11-9-14(10-12-15)20-19(22)17-13-23-18-8-6-5-7-16(17)18/h5-12,17H,3-4,13H2,1-2H3,(H,20,22). The molecule has 0 aromatic heterocycles. The summed E-state index contributed by atoms with van der Waals surface area (Å²) in [6.45, 7) is 6.62. The van der Waals surface area contributed by atoms with Crippen LogP contribution in [0.2, 0.25) is 0 Å². The second-order valence-corrected chi connectivity index (χ2v) is 5.61. The summed E-state index contributed by atoms with van der Waals surface area (Å²) in [4.78, 5) is 14.8. The van der Waals surface area contributed by atoms with Gasteiger partial charge in [0.1, 0.15) is 18.3 Å². The van der Waals surface area contributed by atoms with E-state index in [0.29, 0.717) is 6.61 Å². The van der Waals surface area contributed by atoms with Gasteiger partial charge in [-0.05, 0) is 44.2 Å². The van der Waals surface area contributed by atoms with E-state index in [1.807, 2.05) is 48.5 Å². The maximum absolute atomic E-state index is 12.5. The molecule has 1 aliphatic heterocycles. The van der Waals surface area contributed by atoms with Gasteiger partial charge < -0.3 is 15.0 Å². The first-order chi connectivity index (χ1) is 11.2. The first-order valence-corrected chi connectivity index (χ1v) is 8.10. The minimum absolute atomic E-state index is 0.0226. The molecule has 0 aliphatic carbocycles. The second kappa shape index (κ2) is 6.73. The highest BCUT2D eigenvalue weighted by molar-refractivity contribution is 5.97. The third-order valence-corrected chi connectivity index (χ3v) is 4.28. The Hall–Kier alpha value is -2.49. The van der Waals surface area contributed by atoms with Crippen molar-refractivity contribution in [2.45, 2.75) is 19.8 Å². The molecule has 1 amide bonds. The average molecular weight is 310 g/mol. The molecule has 1 heterocycles. The van der Waals surface area contributed by atoms with Crippen LogP contribution >= 0.6 is 0 Å². The lowest BCUT2D eigenvalue weighted by molar-refractivity contribution is -0.117. The zero-order valence-corrected chi connectivity index (χ0v) is 13.6. The van der Waals surface area contributed by atoms with Gasteiger partial charge >= 0.3 is 0 Å². The average Bonchev–Trinajstić information content (AvgIpc) is 3.01. The minimum Gasteiger partial charge on any atom is -0.492 e. The van der Waals surface area contributed by atoms with Crippen LogP contribution in [0.5, 0.6) is 5.75 Å². The van der Waals surface area contributed by atoms with Crippen molar-refractivity contribution in [3.8, 4) is 5.75 Å². The van der Waals surface area contributed by atoms with Crippen LogP contribution in [0.3, 0.4) is 0 Å². The fourth-order valence-electron chi connectivity index (χ4n) is 2.95. The Bertz CT molecular complexity index is 678. The lowest BCUT2D eigenvalue weighted by atomic mass is 10.0. The van der Waals surface area contributed by atoms with Crippen molar-refractivity contribution in [2.75, 3.05) is 29.9 Å². The van der Waals surface area contributed by atoms with E-state index in [9.17, 15) is 4.79 Å². The molecule has 0 fully saturated rings. The molecule has 1 unspecified atom stereocenters. The van der Waals surface area contributed by atoms with E-state index in [1.165, 1.54) is 5.69 Å². The van der Waals surface area contributed by atoms with E-state index < -0.39 is 0 Å². The van der Waals surface area contributed by atoms with Gasteiger partial charge in [0.05, 0.1) is 0 Å². The summed E-state index contributed by atoms with van der Waals surface area (Å²) >= 11 is 0. The molecule has 4 nitrogen and oxygen atoms in total. The summed E-state index contributed by atoms with van der Waals surface area (Å²) in [5, 5.41) is 2.99. The Labute approximate surface area is 137 Å². The number of hydrogen-bond donors (Lipinski definition) is 1. The van der Waals surface area contributed by atoms with Crippen LogP contribution in [0.1, 0.15) is 25.3 Å². The molecule has 0 bridgehead atoms. The van der Waals surface area contributed by atoms with Gasteiger partial charge in [-0.2, -0.15) is 0 Å². The second-order valence-electron chi connectivity index (χ2n) is 5.61. The van der Waals surface area contributed by atoms with Gasteiger partial charge in [0, 0.05) is 30.0 Å². The van der Waals surface area contributed by atoms with Gasteiger partial charge in [-0.1, -0.05) is 18.2 Å². The molecule has 120 valence electrons. The van der Waals surface area contributed by atoms with Crippen molar-refractivity contribution in [2.24, 2.45) is 0 Å². The molecule has 2 aromatic rings. The first-order valence-electron chi connectivity index (χ1n) is 8.10. The quantitative estimate of drug-likeness (QED) is 0.916. The van der Waals surface area contributed by atoms with Crippen molar-refractivity contribution in [1.29, 1.82) is 0 Å². The summed E-state index contributed by atoms with van der Waals surface area (Å²) in [6, 6.07) is 15.7. The Morgan fingerprint density at radius 1 is 1.13 bits per heavy atom. The Balaban J connectivity index is 1.69. The molecule has 0 saturated heterocycles. The highest BCUT2D eigenvalue weighted by Gasteiger charge is 2.29. The molecule has 4 heteroatoms. The van der Waals surface area contributed by atoms with Crippen LogP contribution in [0.4, 0.5) is 11.4 Å². The molecule has 0 radical (unpaired) electrons. The minimum atomic E-state index is -0.242. The molecule has 1 atom stereocenters. The van der Waals surface area contributed by atoms with E-state index in [2.05, 4.69) is 24.1 Å². The molecule has 0 saturated carbocycles. The highest BCUT2D eigenvalue weighted by Crippen LogP contribution is 2.34. The van der Waals surface area contributed by atoms with Crippen LogP contribution in [0, 0.1) is 0 Å². The SMILES string of the molecule is CCN(CC)c1ccc(NC(=O)C2COc3ccccc32)cc1. The molecule has 1 aliphatic rings. The number of anilines is 2. The molecule has 1 N–H and O–H groups in total. The number of carbonyl (C=O) groups is 1. The molecule has 23 heavy (non-hydrogen) atoms. The Morgan fingerprint density at radius 3 is 2.52 bits per heavy atom. The number of nitrogens with one attached hydrogen (secondary N) is 1. The predicted molar refractivity (Wildman–Crippen MR) is 93.3 cm³/mol. The van der Waals surface area contributed by atoms with Gasteiger partial charge in [0.25, 0.3) is 0 Å². The maximum Gasteiger partial charge on any atom is 0.235 e. The van der Waals surface area contributed by atoms with E-state index in [1.54, 1.807) is 0 Å². The van der Waals surface area contributed by atoms with Gasteiger partial charge in [-0.25, -0.2) is 0 Å². The summed E-state index contributed by atoms with van der Waals surface area (Å²) in [5.41, 5.74) is 2.95. The van der Waals surface area contributed by atoms with Crippen molar-refractivity contribution in [1.82, 2.24) is 0 Å². The molecular weight excluding hydrogens is 288 g/mol. The van der Waals surface area contributed by atoms with Crippen molar-refractivity contribution in [3.05, 3.63) is 54.1 Å². The van der Waals surface area contributed by atoms with Crippen molar-refractivity contribution < 1.29 is 9.53 Å². The van der Waals surface area contributed by atoms with E-state index in [-0.39, 0.29) is 11.8 Å². The fraction of sp³-hybridized carbons (Fsp3) is 0.316. The van der Waals surface area contributed by atoms with Crippen LogP contribution < -0.4 is 15.0 Å². The Morgan fingerprint density at radius 2 is 1.83 bits per heavy atom. The molecule has 2 aromatic carbocycles. The van der Waals surface area contributed by atoms with Crippen LogP contribution in [0.15, 0.2) is 48.5 Å². The number of nitrogens with zero attached hydrogens (tertiary/aromatic N) is 1. The number of ether oxygens (including phenoxy) is 1. The van der Waals surface area contributed by atoms with E-state index >= 15 is 0 Å². The van der Waals surface area contributed by atoms with Gasteiger partial charge in [0.15, 0.2) is 0 Å². The summed E-state index contributed by atoms with van der Waals surface area (Å²) in [7, 11) is 0. The topological polar surface area (TPSA) is 41.6 Å². The number of rotatable bonds is 5. The number of para-hydroxylation sites is 1. The van der Waals surface area contributed by atoms with E-state index in [0.717, 1.165) is 30.1 Å². The normalized spacial score (nSPS) is 15.7. The third-order valence-electron chi connectivity index (χ3n) is 4.28. The number of amides is 1. The van der Waals surface area contributed by atoms with Crippen molar-refractivity contribution >= 4 is 17.3 Å². The first kappa shape index (κ1) is 15.4. The van der Waals surface area contributed by atoms with Crippen LogP contribution in [-0.4, -0.2) is 25.6 Å². The summed E-state index contributed by atoms with van der Waals surface area (Å²) in [5.74, 6) is 0.545. The zero-order chi connectivity index (χ0) is 16.2. The summed E-state index contributed by atoms with van der Waals surface area (Å²) in [6.07, 6.45) is 0. The molecular formula is C19H22N2O2. The third kappa shape index (κ3) is 3.16. The lowest BCUT2D eigenvalue weighted by Crippen LogP contribution is -2.23. The van der Waals surface area contributed by atoms with E-state index in [4.69, 9.17) is 4.74 Å². The number of carbonyl (C=O) groups excluding carboxylic acids is 1. The number of hydrogen-bond acceptors (Lipinski definition) is 3. The smallest absolute Gasteiger partial charge is 0.235 e. The lowest BCUT2D eigenvalue weighted by Gasteiger charge is -2.21. The van der Waals surface area contributed by atoms with Crippen LogP contribution in [0.25, 0.3) is 0 Å². The number of benzene rings is 2. The largest absolute Gasteiger partial charge is 0.492 e. The fourth-order valence-corrected chi connectivity index (χ4v) is 2.95. The van der Waals surface area contributed by atoms with Gasteiger partial charge in [-0.15, -0.1) is 0 Å². The predicted octanol–water partition coefficient (Wildman–Crippen LogP) is 3.65. The highest BCUT2D eigenvalue weighted by atomic mass is 16.5. The monoisotopic (exact) mass is 310 g/mol. The van der Waals surface area contributed by atoms with Gasteiger partial charge in [-0.3, -0.25) is 4.79 Å². The van der Waals surface area contributed by atoms with Crippen LogP contribution in [-0.2, 0) is 4.79 Å². The maximum atomic E-state index is 12.5. The van der Waals surface area contributed by atoms with Gasteiger partial charge in [0.2, 0.25) is 5.91 Å². The molecule has 0 spiro atoms. The van der Waals surface area contributed by atoms with Crippen molar-refractivity contribution in [3.63, 3.8) is 0 Å². The number of fused-ring (bicyclic) bond motifs is 1. The summed E-state index contributed by atoms with van der Waals surface area (Å²) < 4.78 is 5.58. The molecule has 3 rings (SSSR count). The Kier molecular flexibility index (Phi) is 4.51. The zero-order valence-electron chi connectivity index (χ0n) is 13.6.